The van der Waals surface area contributed by atoms with Gasteiger partial charge in [0.25, 0.3) is 0 Å². The van der Waals surface area contributed by atoms with E-state index in [0.717, 1.165) is 16.3 Å². The summed E-state index contributed by atoms with van der Waals surface area (Å²) in [5.41, 5.74) is 1.65. The molecule has 0 bridgehead atoms. The number of halogens is 1. The molecular formula is C14H14ClN3OS. The molecule has 1 heterocycles. The predicted molar refractivity (Wildman–Crippen MR) is 82.1 cm³/mol. The number of nitrogens with one attached hydrogen (secondary N) is 1. The zero-order valence-corrected chi connectivity index (χ0v) is 12.8. The van der Waals surface area contributed by atoms with Crippen molar-refractivity contribution in [3.05, 3.63) is 47.0 Å². The molecule has 6 heteroatoms. The van der Waals surface area contributed by atoms with Gasteiger partial charge in [-0.1, -0.05) is 11.6 Å². The number of anilines is 1. The summed E-state index contributed by atoms with van der Waals surface area (Å²) in [6.45, 7) is 3.38. The van der Waals surface area contributed by atoms with E-state index in [0.29, 0.717) is 16.7 Å². The van der Waals surface area contributed by atoms with E-state index in [2.05, 4.69) is 15.3 Å². The highest BCUT2D eigenvalue weighted by Gasteiger charge is 2.03. The fourth-order valence-corrected chi connectivity index (χ4v) is 2.65. The van der Waals surface area contributed by atoms with Crippen LogP contribution in [-0.4, -0.2) is 15.9 Å². The van der Waals surface area contributed by atoms with Crippen molar-refractivity contribution in [2.45, 2.75) is 24.5 Å². The third-order valence-electron chi connectivity index (χ3n) is 2.41. The van der Waals surface area contributed by atoms with Crippen LogP contribution in [0.4, 0.5) is 5.69 Å². The van der Waals surface area contributed by atoms with Gasteiger partial charge in [0.1, 0.15) is 11.0 Å². The fourth-order valence-electron chi connectivity index (χ4n) is 1.64. The quantitative estimate of drug-likeness (QED) is 0.691. The second-order valence-electron chi connectivity index (χ2n) is 4.24. The van der Waals surface area contributed by atoms with Crippen LogP contribution in [0.2, 0.25) is 5.15 Å². The van der Waals surface area contributed by atoms with Gasteiger partial charge in [0, 0.05) is 23.2 Å². The van der Waals surface area contributed by atoms with Gasteiger partial charge in [-0.25, -0.2) is 9.97 Å². The third-order valence-corrected chi connectivity index (χ3v) is 3.61. The Balaban J connectivity index is 1.98. The minimum atomic E-state index is -0.0757. The first-order valence-corrected chi connectivity index (χ1v) is 7.40. The summed E-state index contributed by atoms with van der Waals surface area (Å²) >= 11 is 7.52. The van der Waals surface area contributed by atoms with Crippen molar-refractivity contribution in [1.82, 2.24) is 9.97 Å². The zero-order valence-electron chi connectivity index (χ0n) is 11.2. The first kappa shape index (κ1) is 14.8. The van der Waals surface area contributed by atoms with Gasteiger partial charge in [0.2, 0.25) is 5.91 Å². The third kappa shape index (κ3) is 4.51. The largest absolute Gasteiger partial charge is 0.326 e. The van der Waals surface area contributed by atoms with E-state index >= 15 is 0 Å². The monoisotopic (exact) mass is 307 g/mol. The second kappa shape index (κ2) is 6.72. The summed E-state index contributed by atoms with van der Waals surface area (Å²) in [5.74, 6) is 1.29. The number of benzene rings is 1. The average Bonchev–Trinajstić information content (AvgIpc) is 2.36. The van der Waals surface area contributed by atoms with Gasteiger partial charge >= 0.3 is 0 Å². The highest BCUT2D eigenvalue weighted by atomic mass is 35.5. The Morgan fingerprint density at radius 2 is 2.00 bits per heavy atom. The van der Waals surface area contributed by atoms with E-state index in [9.17, 15) is 4.79 Å². The van der Waals surface area contributed by atoms with E-state index in [4.69, 9.17) is 11.6 Å². The predicted octanol–water partition coefficient (Wildman–Crippen LogP) is 3.69. The van der Waals surface area contributed by atoms with Gasteiger partial charge in [0.15, 0.2) is 0 Å². The number of amides is 1. The molecule has 1 amide bonds. The maximum absolute atomic E-state index is 10.9. The summed E-state index contributed by atoms with van der Waals surface area (Å²) in [4.78, 5) is 20.5. The molecule has 2 rings (SSSR count). The normalized spacial score (nSPS) is 10.3. The Morgan fingerprint density at radius 1 is 1.30 bits per heavy atom. The first-order chi connectivity index (χ1) is 9.52. The van der Waals surface area contributed by atoms with Crippen LogP contribution >= 0.6 is 23.4 Å². The average molecular weight is 308 g/mol. The molecule has 2 aromatic rings. The fraction of sp³-hybridized carbons (Fsp3) is 0.214. The second-order valence-corrected chi connectivity index (χ2v) is 5.68. The molecule has 0 radical (unpaired) electrons. The standard InChI is InChI=1S/C14H14ClN3OS/c1-9-7-13(15)18-14(16-9)8-20-12-5-3-11(4-6-12)17-10(2)19/h3-7H,8H2,1-2H3,(H,17,19). The number of thioether (sulfide) groups is 1. The van der Waals surface area contributed by atoms with Crippen LogP contribution in [0.5, 0.6) is 0 Å². The number of hydrogen-bond acceptors (Lipinski definition) is 4. The molecule has 104 valence electrons. The van der Waals surface area contributed by atoms with Crippen LogP contribution in [-0.2, 0) is 10.5 Å². The number of carbonyl (C=O) groups is 1. The summed E-state index contributed by atoms with van der Waals surface area (Å²) < 4.78 is 0. The first-order valence-electron chi connectivity index (χ1n) is 6.03. The minimum absolute atomic E-state index is 0.0757. The molecule has 0 saturated heterocycles. The van der Waals surface area contributed by atoms with Crippen molar-refractivity contribution in [2.75, 3.05) is 5.32 Å². The maximum Gasteiger partial charge on any atom is 0.221 e. The van der Waals surface area contributed by atoms with Crippen LogP contribution < -0.4 is 5.32 Å². The number of aromatic nitrogens is 2. The molecule has 0 spiro atoms. The molecular weight excluding hydrogens is 294 g/mol. The summed E-state index contributed by atoms with van der Waals surface area (Å²) in [5, 5.41) is 3.20. The molecule has 0 aliphatic rings. The van der Waals surface area contributed by atoms with Gasteiger partial charge < -0.3 is 5.32 Å². The van der Waals surface area contributed by atoms with E-state index in [-0.39, 0.29) is 5.91 Å². The van der Waals surface area contributed by atoms with Crippen molar-refractivity contribution in [3.8, 4) is 0 Å². The number of carbonyl (C=O) groups excluding carboxylic acids is 1. The molecule has 20 heavy (non-hydrogen) atoms. The molecule has 4 nitrogen and oxygen atoms in total. The lowest BCUT2D eigenvalue weighted by Crippen LogP contribution is -2.05. The van der Waals surface area contributed by atoms with E-state index in [1.807, 2.05) is 31.2 Å². The van der Waals surface area contributed by atoms with Gasteiger partial charge in [0.05, 0.1) is 5.75 Å². The Morgan fingerprint density at radius 3 is 2.60 bits per heavy atom. The van der Waals surface area contributed by atoms with E-state index < -0.39 is 0 Å². The van der Waals surface area contributed by atoms with Crippen LogP contribution in [0.3, 0.4) is 0 Å². The molecule has 1 aromatic carbocycles. The van der Waals surface area contributed by atoms with Gasteiger partial charge in [-0.3, -0.25) is 4.79 Å². The van der Waals surface area contributed by atoms with Crippen LogP contribution in [0.15, 0.2) is 35.2 Å². The van der Waals surface area contributed by atoms with Gasteiger partial charge in [-0.2, -0.15) is 0 Å². The molecule has 0 aliphatic heterocycles. The molecule has 0 aliphatic carbocycles. The Labute approximate surface area is 127 Å². The summed E-state index contributed by atoms with van der Waals surface area (Å²) in [6, 6.07) is 9.38. The summed E-state index contributed by atoms with van der Waals surface area (Å²) in [7, 11) is 0. The van der Waals surface area contributed by atoms with Gasteiger partial charge in [-0.05, 0) is 37.3 Å². The number of aryl methyl sites for hydroxylation is 1. The lowest BCUT2D eigenvalue weighted by Gasteiger charge is -2.05. The molecule has 1 aromatic heterocycles. The smallest absolute Gasteiger partial charge is 0.221 e. The minimum Gasteiger partial charge on any atom is -0.326 e. The molecule has 0 unspecified atom stereocenters. The van der Waals surface area contributed by atoms with Crippen molar-refractivity contribution in [3.63, 3.8) is 0 Å². The molecule has 0 saturated carbocycles. The number of hydrogen-bond donors (Lipinski definition) is 1. The van der Waals surface area contributed by atoms with Gasteiger partial charge in [-0.15, -0.1) is 11.8 Å². The highest BCUT2D eigenvalue weighted by molar-refractivity contribution is 7.98. The summed E-state index contributed by atoms with van der Waals surface area (Å²) in [6.07, 6.45) is 0. The molecule has 0 atom stereocenters. The van der Waals surface area contributed by atoms with Crippen molar-refractivity contribution >= 4 is 35.0 Å². The van der Waals surface area contributed by atoms with E-state index in [1.165, 1.54) is 6.92 Å². The number of nitrogens with zero attached hydrogens (tertiary/aromatic N) is 2. The number of rotatable bonds is 4. The Kier molecular flexibility index (Phi) is 4.98. The van der Waals surface area contributed by atoms with Crippen molar-refractivity contribution in [2.24, 2.45) is 0 Å². The van der Waals surface area contributed by atoms with Crippen molar-refractivity contribution in [1.29, 1.82) is 0 Å². The van der Waals surface area contributed by atoms with Crippen molar-refractivity contribution < 1.29 is 4.79 Å². The van der Waals surface area contributed by atoms with Crippen LogP contribution in [0.1, 0.15) is 18.4 Å². The topological polar surface area (TPSA) is 54.9 Å². The Bertz CT molecular complexity index is 596. The van der Waals surface area contributed by atoms with E-state index in [1.54, 1.807) is 17.8 Å². The zero-order chi connectivity index (χ0) is 14.5. The lowest BCUT2D eigenvalue weighted by molar-refractivity contribution is -0.114. The Hall–Kier alpha value is -1.59. The SMILES string of the molecule is CC(=O)Nc1ccc(SCc2nc(C)cc(Cl)n2)cc1. The highest BCUT2D eigenvalue weighted by Crippen LogP contribution is 2.23. The van der Waals surface area contributed by atoms with Crippen LogP contribution in [0.25, 0.3) is 0 Å². The lowest BCUT2D eigenvalue weighted by atomic mass is 10.3. The molecule has 0 fully saturated rings. The maximum atomic E-state index is 10.9. The van der Waals surface area contributed by atoms with Crippen LogP contribution in [0, 0.1) is 6.92 Å². The molecule has 1 N–H and O–H groups in total.